The molecular formula is C17H24O5. The average molecular weight is 308 g/mol. The van der Waals surface area contributed by atoms with E-state index in [0.29, 0.717) is 22.8 Å². The predicted molar refractivity (Wildman–Crippen MR) is 83.0 cm³/mol. The van der Waals surface area contributed by atoms with Gasteiger partial charge in [0, 0.05) is 5.56 Å². The summed E-state index contributed by atoms with van der Waals surface area (Å²) in [6, 6.07) is 1.83. The second-order valence-corrected chi connectivity index (χ2v) is 5.35. The molecule has 122 valence electrons. The van der Waals surface area contributed by atoms with E-state index < -0.39 is 0 Å². The van der Waals surface area contributed by atoms with E-state index in [4.69, 9.17) is 18.9 Å². The van der Waals surface area contributed by atoms with Crippen LogP contribution < -0.4 is 14.2 Å². The van der Waals surface area contributed by atoms with E-state index in [2.05, 4.69) is 6.92 Å². The van der Waals surface area contributed by atoms with Gasteiger partial charge in [-0.3, -0.25) is 0 Å². The van der Waals surface area contributed by atoms with Gasteiger partial charge in [0.15, 0.2) is 11.5 Å². The first-order valence-electron chi connectivity index (χ1n) is 7.71. The number of hydrogen-bond donors (Lipinski definition) is 0. The van der Waals surface area contributed by atoms with Crippen molar-refractivity contribution in [2.75, 3.05) is 21.3 Å². The fourth-order valence-corrected chi connectivity index (χ4v) is 2.86. The van der Waals surface area contributed by atoms with Crippen molar-refractivity contribution in [2.24, 2.45) is 0 Å². The van der Waals surface area contributed by atoms with Gasteiger partial charge >= 0.3 is 5.97 Å². The molecule has 1 unspecified atom stereocenters. The van der Waals surface area contributed by atoms with Gasteiger partial charge in [-0.15, -0.1) is 0 Å². The molecule has 1 atom stereocenters. The first-order valence-corrected chi connectivity index (χ1v) is 7.71. The van der Waals surface area contributed by atoms with Crippen molar-refractivity contribution in [3.63, 3.8) is 0 Å². The lowest BCUT2D eigenvalue weighted by molar-refractivity contribution is 0.0361. The van der Waals surface area contributed by atoms with Crippen molar-refractivity contribution < 1.29 is 23.7 Å². The number of cyclic esters (lactones) is 1. The van der Waals surface area contributed by atoms with Crippen molar-refractivity contribution >= 4 is 5.97 Å². The molecule has 0 bridgehead atoms. The van der Waals surface area contributed by atoms with Crippen LogP contribution in [0.1, 0.15) is 61.1 Å². The van der Waals surface area contributed by atoms with Crippen molar-refractivity contribution in [2.45, 2.75) is 45.1 Å². The highest BCUT2D eigenvalue weighted by Crippen LogP contribution is 2.48. The second-order valence-electron chi connectivity index (χ2n) is 5.35. The third-order valence-electron chi connectivity index (χ3n) is 3.98. The molecule has 1 aromatic rings. The number of methoxy groups -OCH3 is 3. The Kier molecular flexibility index (Phi) is 5.52. The normalized spacial score (nSPS) is 16.2. The number of fused-ring (bicyclic) bond motifs is 1. The van der Waals surface area contributed by atoms with Crippen LogP contribution in [0, 0.1) is 0 Å². The molecule has 5 nitrogen and oxygen atoms in total. The number of hydrogen-bond acceptors (Lipinski definition) is 5. The van der Waals surface area contributed by atoms with Crippen LogP contribution in [0.2, 0.25) is 0 Å². The summed E-state index contributed by atoms with van der Waals surface area (Å²) in [6.07, 6.45) is 5.14. The van der Waals surface area contributed by atoms with Crippen molar-refractivity contribution in [1.29, 1.82) is 0 Å². The van der Waals surface area contributed by atoms with E-state index in [9.17, 15) is 4.79 Å². The molecule has 1 aliphatic heterocycles. The summed E-state index contributed by atoms with van der Waals surface area (Å²) in [5.41, 5.74) is 1.29. The van der Waals surface area contributed by atoms with E-state index in [1.807, 2.05) is 6.07 Å². The van der Waals surface area contributed by atoms with E-state index in [-0.39, 0.29) is 12.1 Å². The van der Waals surface area contributed by atoms with Gasteiger partial charge in [-0.2, -0.15) is 0 Å². The average Bonchev–Trinajstić information content (AvgIpc) is 2.85. The number of carbonyl (C=O) groups is 1. The molecule has 1 aliphatic rings. The van der Waals surface area contributed by atoms with Gasteiger partial charge in [0.25, 0.3) is 0 Å². The summed E-state index contributed by atoms with van der Waals surface area (Å²) >= 11 is 0. The van der Waals surface area contributed by atoms with E-state index >= 15 is 0 Å². The Morgan fingerprint density at radius 1 is 1.05 bits per heavy atom. The zero-order valence-corrected chi connectivity index (χ0v) is 13.7. The van der Waals surface area contributed by atoms with Crippen LogP contribution in [0.5, 0.6) is 17.2 Å². The minimum atomic E-state index is -0.353. The summed E-state index contributed by atoms with van der Waals surface area (Å²) < 4.78 is 21.6. The Bertz CT molecular complexity index is 538. The maximum Gasteiger partial charge on any atom is 0.343 e. The third kappa shape index (κ3) is 2.98. The fourth-order valence-electron chi connectivity index (χ4n) is 2.86. The van der Waals surface area contributed by atoms with Crippen LogP contribution in [0.15, 0.2) is 6.07 Å². The van der Waals surface area contributed by atoms with E-state index in [1.54, 1.807) is 7.11 Å². The third-order valence-corrected chi connectivity index (χ3v) is 3.98. The van der Waals surface area contributed by atoms with Gasteiger partial charge in [-0.1, -0.05) is 26.2 Å². The lowest BCUT2D eigenvalue weighted by Gasteiger charge is -2.15. The van der Waals surface area contributed by atoms with Crippen molar-refractivity contribution in [1.82, 2.24) is 0 Å². The SMILES string of the molecule is CCCCCCC1OC(=O)c2c1cc(OC)c(OC)c2OC. The summed E-state index contributed by atoms with van der Waals surface area (Å²) in [4.78, 5) is 12.2. The molecule has 0 aromatic heterocycles. The highest BCUT2D eigenvalue weighted by atomic mass is 16.6. The molecule has 22 heavy (non-hydrogen) atoms. The quantitative estimate of drug-likeness (QED) is 0.538. The molecular weight excluding hydrogens is 284 g/mol. The number of rotatable bonds is 8. The number of benzene rings is 1. The minimum Gasteiger partial charge on any atom is -0.493 e. The lowest BCUT2D eigenvalue weighted by atomic mass is 9.98. The maximum atomic E-state index is 12.2. The first-order chi connectivity index (χ1) is 10.7. The van der Waals surface area contributed by atoms with Gasteiger partial charge in [-0.25, -0.2) is 4.79 Å². The van der Waals surface area contributed by atoms with Crippen LogP contribution in [-0.4, -0.2) is 27.3 Å². The van der Waals surface area contributed by atoms with Gasteiger partial charge in [0.05, 0.1) is 21.3 Å². The van der Waals surface area contributed by atoms with Crippen LogP contribution in [-0.2, 0) is 4.74 Å². The summed E-state index contributed by atoms with van der Waals surface area (Å²) in [5, 5.41) is 0. The van der Waals surface area contributed by atoms with E-state index in [1.165, 1.54) is 27.1 Å². The number of ether oxygens (including phenoxy) is 4. The highest BCUT2D eigenvalue weighted by molar-refractivity contribution is 5.98. The van der Waals surface area contributed by atoms with Gasteiger partial charge < -0.3 is 18.9 Å². The van der Waals surface area contributed by atoms with Crippen LogP contribution >= 0.6 is 0 Å². The first kappa shape index (κ1) is 16.5. The molecule has 0 fully saturated rings. The summed E-state index contributed by atoms with van der Waals surface area (Å²) in [5.74, 6) is 1.01. The molecule has 0 amide bonds. The molecule has 2 rings (SSSR count). The minimum absolute atomic E-state index is 0.229. The number of unbranched alkanes of at least 4 members (excludes halogenated alkanes) is 3. The molecule has 1 heterocycles. The summed E-state index contributed by atoms with van der Waals surface area (Å²) in [6.45, 7) is 2.17. The highest BCUT2D eigenvalue weighted by Gasteiger charge is 2.37. The molecule has 0 saturated heterocycles. The van der Waals surface area contributed by atoms with E-state index in [0.717, 1.165) is 24.8 Å². The lowest BCUT2D eigenvalue weighted by Crippen LogP contribution is -2.02. The standard InChI is InChI=1S/C17H24O5/c1-5-6-7-8-9-12-11-10-13(19-2)15(20-3)16(21-4)14(11)17(18)22-12/h10,12H,5-9H2,1-4H3. The summed E-state index contributed by atoms with van der Waals surface area (Å²) in [7, 11) is 4.60. The molecule has 0 aliphatic carbocycles. The number of esters is 1. The van der Waals surface area contributed by atoms with Crippen molar-refractivity contribution in [3.05, 3.63) is 17.2 Å². The molecule has 0 saturated carbocycles. The Morgan fingerprint density at radius 3 is 2.36 bits per heavy atom. The largest absolute Gasteiger partial charge is 0.493 e. The van der Waals surface area contributed by atoms with Gasteiger partial charge in [-0.05, 0) is 18.9 Å². The zero-order chi connectivity index (χ0) is 16.1. The Hall–Kier alpha value is -1.91. The topological polar surface area (TPSA) is 54.0 Å². The monoisotopic (exact) mass is 308 g/mol. The Balaban J connectivity index is 2.33. The second kappa shape index (κ2) is 7.38. The zero-order valence-electron chi connectivity index (χ0n) is 13.7. The van der Waals surface area contributed by atoms with Crippen LogP contribution in [0.4, 0.5) is 0 Å². The van der Waals surface area contributed by atoms with Crippen molar-refractivity contribution in [3.8, 4) is 17.2 Å². The van der Waals surface area contributed by atoms with Crippen LogP contribution in [0.25, 0.3) is 0 Å². The fraction of sp³-hybridized carbons (Fsp3) is 0.588. The smallest absolute Gasteiger partial charge is 0.343 e. The molecule has 0 N–H and O–H groups in total. The number of carbonyl (C=O) groups excluding carboxylic acids is 1. The van der Waals surface area contributed by atoms with Gasteiger partial charge in [0.2, 0.25) is 5.75 Å². The van der Waals surface area contributed by atoms with Gasteiger partial charge in [0.1, 0.15) is 11.7 Å². The Morgan fingerprint density at radius 2 is 1.77 bits per heavy atom. The predicted octanol–water partition coefficient (Wildman–Crippen LogP) is 3.89. The Labute approximate surface area is 131 Å². The van der Waals surface area contributed by atoms with Crippen LogP contribution in [0.3, 0.4) is 0 Å². The molecule has 1 aromatic carbocycles. The maximum absolute atomic E-state index is 12.2. The molecule has 0 spiro atoms. The molecule has 0 radical (unpaired) electrons. The molecule has 5 heteroatoms.